The first-order chi connectivity index (χ1) is 17.7. The summed E-state index contributed by atoms with van der Waals surface area (Å²) in [6.45, 7) is 4.69. The Hall–Kier alpha value is -3.84. The summed E-state index contributed by atoms with van der Waals surface area (Å²) in [6.07, 6.45) is 9.11. The highest BCUT2D eigenvalue weighted by Gasteiger charge is 2.24. The van der Waals surface area contributed by atoms with Gasteiger partial charge in [-0.15, -0.1) is 10.2 Å². The van der Waals surface area contributed by atoms with E-state index in [1.54, 1.807) is 0 Å². The smallest absolute Gasteiger partial charge is 0.185 e. The van der Waals surface area contributed by atoms with E-state index < -0.39 is 0 Å². The molecule has 182 valence electrons. The zero-order valence-electron chi connectivity index (χ0n) is 20.3. The Morgan fingerprint density at radius 3 is 2.64 bits per heavy atom. The van der Waals surface area contributed by atoms with Crippen molar-refractivity contribution < 1.29 is 5.11 Å². The van der Waals surface area contributed by atoms with Gasteiger partial charge in [0.2, 0.25) is 0 Å². The Kier molecular flexibility index (Phi) is 5.17. The standard InChI is InChI=1S/C29H30N6O/c36-26-9-11-32(12-10-26)16-21-8-13-33(17-21)25-6-7-27-24(14-25)19-34-18-23(22-4-2-1-3-5-22)15-28(34)29-31-30-20-35(27)29/h1-7,14-16,18,20,26,36H,8-13,17,19H2/b21-16+. The minimum Gasteiger partial charge on any atom is -0.393 e. The van der Waals surface area contributed by atoms with Crippen molar-refractivity contribution in [3.8, 4) is 28.3 Å². The lowest BCUT2D eigenvalue weighted by molar-refractivity contribution is 0.102. The number of anilines is 1. The van der Waals surface area contributed by atoms with Gasteiger partial charge in [0.15, 0.2) is 5.82 Å². The van der Waals surface area contributed by atoms with Gasteiger partial charge in [0.1, 0.15) is 6.33 Å². The van der Waals surface area contributed by atoms with Crippen molar-refractivity contribution in [1.82, 2.24) is 24.2 Å². The van der Waals surface area contributed by atoms with Crippen LogP contribution in [-0.2, 0) is 6.54 Å². The molecule has 2 aromatic carbocycles. The molecule has 0 bridgehead atoms. The molecule has 0 amide bonds. The molecule has 0 spiro atoms. The lowest BCUT2D eigenvalue weighted by Crippen LogP contribution is -2.32. The van der Waals surface area contributed by atoms with Crippen molar-refractivity contribution in [2.75, 3.05) is 31.1 Å². The van der Waals surface area contributed by atoms with Crippen LogP contribution in [0.4, 0.5) is 5.69 Å². The highest BCUT2D eigenvalue weighted by Crippen LogP contribution is 2.35. The largest absolute Gasteiger partial charge is 0.393 e. The van der Waals surface area contributed by atoms with E-state index in [9.17, 15) is 5.11 Å². The molecule has 1 N–H and O–H groups in total. The number of piperidine rings is 1. The van der Waals surface area contributed by atoms with Crippen LogP contribution >= 0.6 is 0 Å². The third-order valence-electron chi connectivity index (χ3n) is 7.77. The van der Waals surface area contributed by atoms with Gasteiger partial charge in [-0.3, -0.25) is 4.57 Å². The first-order valence-corrected chi connectivity index (χ1v) is 12.9. The molecule has 0 radical (unpaired) electrons. The summed E-state index contributed by atoms with van der Waals surface area (Å²) < 4.78 is 4.42. The molecule has 2 fully saturated rings. The molecule has 7 nitrogen and oxygen atoms in total. The molecule has 3 aliphatic heterocycles. The molecule has 0 saturated carbocycles. The van der Waals surface area contributed by atoms with Crippen LogP contribution in [0.2, 0.25) is 0 Å². The van der Waals surface area contributed by atoms with Gasteiger partial charge in [-0.2, -0.15) is 0 Å². The van der Waals surface area contributed by atoms with E-state index in [4.69, 9.17) is 0 Å². The summed E-state index contributed by atoms with van der Waals surface area (Å²) in [5, 5.41) is 18.5. The summed E-state index contributed by atoms with van der Waals surface area (Å²) in [5.74, 6) is 0.877. The number of aliphatic hydroxyl groups excluding tert-OH is 1. The second kappa shape index (κ2) is 8.68. The monoisotopic (exact) mass is 478 g/mol. The van der Waals surface area contributed by atoms with E-state index in [0.717, 1.165) is 69.2 Å². The summed E-state index contributed by atoms with van der Waals surface area (Å²) >= 11 is 0. The maximum atomic E-state index is 9.80. The van der Waals surface area contributed by atoms with Crippen molar-refractivity contribution in [3.05, 3.63) is 84.5 Å². The summed E-state index contributed by atoms with van der Waals surface area (Å²) in [6, 6.07) is 19.5. The summed E-state index contributed by atoms with van der Waals surface area (Å²) in [4.78, 5) is 4.86. The van der Waals surface area contributed by atoms with Crippen LogP contribution in [0.1, 0.15) is 24.8 Å². The maximum absolute atomic E-state index is 9.80. The normalized spacial score (nSPS) is 18.8. The molecular weight excluding hydrogens is 448 g/mol. The van der Waals surface area contributed by atoms with Gasteiger partial charge in [0.05, 0.1) is 17.5 Å². The molecule has 3 aliphatic rings. The van der Waals surface area contributed by atoms with Crippen LogP contribution in [0, 0.1) is 0 Å². The average Bonchev–Trinajstić information content (AvgIpc) is 3.65. The molecule has 0 atom stereocenters. The minimum absolute atomic E-state index is 0.130. The highest BCUT2D eigenvalue weighted by molar-refractivity contribution is 5.72. The third kappa shape index (κ3) is 3.80. The third-order valence-corrected chi connectivity index (χ3v) is 7.77. The van der Waals surface area contributed by atoms with E-state index >= 15 is 0 Å². The first kappa shape index (κ1) is 21.4. The van der Waals surface area contributed by atoms with E-state index in [1.165, 1.54) is 28.0 Å². The van der Waals surface area contributed by atoms with Gasteiger partial charge in [-0.1, -0.05) is 30.3 Å². The minimum atomic E-state index is -0.130. The number of likely N-dealkylation sites (tertiary alicyclic amines) is 1. The second-order valence-electron chi connectivity index (χ2n) is 10.2. The summed E-state index contributed by atoms with van der Waals surface area (Å²) in [5.41, 5.74) is 8.64. The van der Waals surface area contributed by atoms with E-state index in [-0.39, 0.29) is 6.10 Å². The fraction of sp³-hybridized carbons (Fsp3) is 0.310. The Labute approximate surface area is 210 Å². The quantitative estimate of drug-likeness (QED) is 0.419. The molecule has 0 unspecified atom stereocenters. The number of fused-ring (bicyclic) bond motifs is 5. The molecule has 2 saturated heterocycles. The van der Waals surface area contributed by atoms with Crippen LogP contribution in [0.5, 0.6) is 0 Å². The van der Waals surface area contributed by atoms with Crippen molar-refractivity contribution in [3.63, 3.8) is 0 Å². The van der Waals surface area contributed by atoms with Gasteiger partial charge in [-0.05, 0) is 60.2 Å². The van der Waals surface area contributed by atoms with Gasteiger partial charge in [0.25, 0.3) is 0 Å². The molecule has 4 aromatic rings. The first-order valence-electron chi connectivity index (χ1n) is 12.9. The molecule has 7 heteroatoms. The van der Waals surface area contributed by atoms with Gasteiger partial charge >= 0.3 is 0 Å². The topological polar surface area (TPSA) is 62.4 Å². The number of benzene rings is 2. The van der Waals surface area contributed by atoms with Gasteiger partial charge < -0.3 is 19.5 Å². The fourth-order valence-corrected chi connectivity index (χ4v) is 5.80. The number of hydrogen-bond donors (Lipinski definition) is 1. The lowest BCUT2D eigenvalue weighted by Gasteiger charge is -2.29. The van der Waals surface area contributed by atoms with Crippen LogP contribution in [0.3, 0.4) is 0 Å². The van der Waals surface area contributed by atoms with Crippen LogP contribution < -0.4 is 4.90 Å². The molecule has 0 aliphatic carbocycles. The average molecular weight is 479 g/mol. The Morgan fingerprint density at radius 1 is 0.917 bits per heavy atom. The van der Waals surface area contributed by atoms with E-state index in [1.807, 2.05) is 6.33 Å². The van der Waals surface area contributed by atoms with Crippen molar-refractivity contribution in [1.29, 1.82) is 0 Å². The highest BCUT2D eigenvalue weighted by atomic mass is 16.3. The fourth-order valence-electron chi connectivity index (χ4n) is 5.80. The van der Waals surface area contributed by atoms with Crippen molar-refractivity contribution in [2.45, 2.75) is 31.9 Å². The number of hydrogen-bond acceptors (Lipinski definition) is 5. The Bertz CT molecular complexity index is 1430. The Morgan fingerprint density at radius 2 is 1.78 bits per heavy atom. The van der Waals surface area contributed by atoms with Gasteiger partial charge in [-0.25, -0.2) is 0 Å². The number of rotatable bonds is 3. The Balaban J connectivity index is 1.19. The van der Waals surface area contributed by atoms with E-state index in [2.05, 4.69) is 96.1 Å². The second-order valence-corrected chi connectivity index (χ2v) is 10.2. The number of nitrogens with zero attached hydrogens (tertiary/aromatic N) is 6. The van der Waals surface area contributed by atoms with Crippen molar-refractivity contribution >= 4 is 5.69 Å². The van der Waals surface area contributed by atoms with Crippen LogP contribution in [0.25, 0.3) is 28.3 Å². The predicted molar refractivity (Wildman–Crippen MR) is 141 cm³/mol. The van der Waals surface area contributed by atoms with E-state index in [0.29, 0.717) is 0 Å². The zero-order chi connectivity index (χ0) is 24.1. The number of aliphatic hydroxyl groups is 1. The van der Waals surface area contributed by atoms with Gasteiger partial charge in [0, 0.05) is 56.4 Å². The molecule has 7 rings (SSSR count). The van der Waals surface area contributed by atoms with Crippen LogP contribution in [0.15, 0.2) is 78.9 Å². The molecule has 5 heterocycles. The SMILES string of the molecule is OC1CCN(/C=C2\CCN(c3ccc4c(c3)Cn3cc(-c5ccccc5)cc3-c3nncn3-4)C2)CC1. The predicted octanol–water partition coefficient (Wildman–Crippen LogP) is 4.32. The maximum Gasteiger partial charge on any atom is 0.185 e. The molecular formula is C29H30N6O. The van der Waals surface area contributed by atoms with Crippen LogP contribution in [-0.4, -0.2) is 61.6 Å². The number of aromatic nitrogens is 4. The van der Waals surface area contributed by atoms with Crippen molar-refractivity contribution in [2.24, 2.45) is 0 Å². The molecule has 2 aromatic heterocycles. The zero-order valence-corrected chi connectivity index (χ0v) is 20.3. The summed E-state index contributed by atoms with van der Waals surface area (Å²) in [7, 11) is 0. The lowest BCUT2D eigenvalue weighted by atomic mass is 10.1. The molecule has 36 heavy (non-hydrogen) atoms.